The summed E-state index contributed by atoms with van der Waals surface area (Å²) >= 11 is 0. The molecule has 0 fully saturated rings. The number of hydrazone groups is 1. The summed E-state index contributed by atoms with van der Waals surface area (Å²) in [4.78, 5) is 0. The summed E-state index contributed by atoms with van der Waals surface area (Å²) in [5, 5.41) is 14.3. The minimum atomic E-state index is -0.260. The Morgan fingerprint density at radius 3 is 2.57 bits per heavy atom. The Morgan fingerprint density at radius 2 is 1.95 bits per heavy atom. The lowest BCUT2D eigenvalue weighted by Gasteiger charge is -2.11. The Bertz CT molecular complexity index is 640. The molecule has 0 spiro atoms. The SMILES string of the molecule is CC1=NN(c2ccc(OCc3ccc(F)cc3)nn2)CC1. The van der Waals surface area contributed by atoms with Crippen molar-refractivity contribution in [2.45, 2.75) is 20.0 Å². The zero-order valence-electron chi connectivity index (χ0n) is 11.7. The third kappa shape index (κ3) is 3.34. The smallest absolute Gasteiger partial charge is 0.233 e. The van der Waals surface area contributed by atoms with Crippen LogP contribution in [0, 0.1) is 5.82 Å². The van der Waals surface area contributed by atoms with Gasteiger partial charge in [-0.25, -0.2) is 9.40 Å². The fraction of sp³-hybridized carbons (Fsp3) is 0.267. The van der Waals surface area contributed by atoms with Crippen molar-refractivity contribution in [1.82, 2.24) is 10.2 Å². The number of hydrogen-bond donors (Lipinski definition) is 0. The van der Waals surface area contributed by atoms with Gasteiger partial charge in [-0.1, -0.05) is 12.1 Å². The highest BCUT2D eigenvalue weighted by Gasteiger charge is 2.14. The van der Waals surface area contributed by atoms with E-state index >= 15 is 0 Å². The summed E-state index contributed by atoms with van der Waals surface area (Å²) < 4.78 is 18.3. The van der Waals surface area contributed by atoms with Gasteiger partial charge < -0.3 is 4.74 Å². The number of halogens is 1. The van der Waals surface area contributed by atoms with Crippen molar-refractivity contribution >= 4 is 11.5 Å². The minimum absolute atomic E-state index is 0.260. The molecule has 3 rings (SSSR count). The second kappa shape index (κ2) is 5.87. The van der Waals surface area contributed by atoms with Gasteiger partial charge in [-0.2, -0.15) is 5.10 Å². The highest BCUT2D eigenvalue weighted by atomic mass is 19.1. The van der Waals surface area contributed by atoms with Crippen molar-refractivity contribution in [3.63, 3.8) is 0 Å². The molecule has 0 bridgehead atoms. The van der Waals surface area contributed by atoms with Crippen LogP contribution in [0.4, 0.5) is 10.2 Å². The van der Waals surface area contributed by atoms with Crippen LogP contribution in [0.5, 0.6) is 5.88 Å². The first-order valence-electron chi connectivity index (χ1n) is 6.73. The topological polar surface area (TPSA) is 50.6 Å². The Labute approximate surface area is 122 Å². The number of anilines is 1. The summed E-state index contributed by atoms with van der Waals surface area (Å²) in [5.74, 6) is 0.883. The molecule has 6 heteroatoms. The third-order valence-corrected chi connectivity index (χ3v) is 3.17. The molecule has 0 saturated heterocycles. The fourth-order valence-electron chi connectivity index (χ4n) is 2.01. The standard InChI is InChI=1S/C15H15FN4O/c1-11-8-9-20(19-11)14-6-7-15(18-17-14)21-10-12-2-4-13(16)5-3-12/h2-7H,8-10H2,1H3. The Hall–Kier alpha value is -2.50. The first-order valence-corrected chi connectivity index (χ1v) is 6.73. The van der Waals surface area contributed by atoms with Gasteiger partial charge in [-0.05, 0) is 30.7 Å². The highest BCUT2D eigenvalue weighted by Crippen LogP contribution is 2.18. The van der Waals surface area contributed by atoms with Crippen molar-refractivity contribution in [2.24, 2.45) is 5.10 Å². The number of rotatable bonds is 4. The van der Waals surface area contributed by atoms with E-state index in [2.05, 4.69) is 15.3 Å². The third-order valence-electron chi connectivity index (χ3n) is 3.17. The van der Waals surface area contributed by atoms with Gasteiger partial charge in [0.05, 0.1) is 0 Å². The van der Waals surface area contributed by atoms with Gasteiger partial charge in [0, 0.05) is 24.7 Å². The number of nitrogens with zero attached hydrogens (tertiary/aromatic N) is 4. The molecule has 0 atom stereocenters. The monoisotopic (exact) mass is 286 g/mol. The van der Waals surface area contributed by atoms with E-state index in [1.54, 1.807) is 18.2 Å². The van der Waals surface area contributed by atoms with Gasteiger partial charge >= 0.3 is 0 Å². The van der Waals surface area contributed by atoms with Gasteiger partial charge in [0.2, 0.25) is 5.88 Å². The molecule has 0 unspecified atom stereocenters. The van der Waals surface area contributed by atoms with Gasteiger partial charge in [-0.3, -0.25) is 0 Å². The molecule has 0 N–H and O–H groups in total. The van der Waals surface area contributed by atoms with Crippen LogP contribution in [0.3, 0.4) is 0 Å². The van der Waals surface area contributed by atoms with Crippen LogP contribution in [0.25, 0.3) is 0 Å². The number of hydrogen-bond acceptors (Lipinski definition) is 5. The molecule has 0 saturated carbocycles. The predicted octanol–water partition coefficient (Wildman–Crippen LogP) is 2.78. The van der Waals surface area contributed by atoms with E-state index in [0.717, 1.165) is 24.2 Å². The van der Waals surface area contributed by atoms with Crippen LogP contribution in [0.2, 0.25) is 0 Å². The summed E-state index contributed by atoms with van der Waals surface area (Å²) in [5.41, 5.74) is 1.97. The van der Waals surface area contributed by atoms with Crippen molar-refractivity contribution in [1.29, 1.82) is 0 Å². The molecule has 0 radical (unpaired) electrons. The van der Waals surface area contributed by atoms with Gasteiger partial charge in [0.15, 0.2) is 5.82 Å². The van der Waals surface area contributed by atoms with E-state index in [9.17, 15) is 4.39 Å². The van der Waals surface area contributed by atoms with E-state index in [-0.39, 0.29) is 5.82 Å². The number of benzene rings is 1. The molecule has 108 valence electrons. The average Bonchev–Trinajstić information content (AvgIpc) is 2.94. The lowest BCUT2D eigenvalue weighted by molar-refractivity contribution is 0.290. The lowest BCUT2D eigenvalue weighted by atomic mass is 10.2. The quantitative estimate of drug-likeness (QED) is 0.867. The molecule has 21 heavy (non-hydrogen) atoms. The van der Waals surface area contributed by atoms with E-state index in [0.29, 0.717) is 18.3 Å². The van der Waals surface area contributed by atoms with E-state index in [4.69, 9.17) is 4.74 Å². The van der Waals surface area contributed by atoms with Crippen molar-refractivity contribution < 1.29 is 9.13 Å². The summed E-state index contributed by atoms with van der Waals surface area (Å²) in [6.45, 7) is 3.15. The maximum Gasteiger partial charge on any atom is 0.233 e. The second-order valence-corrected chi connectivity index (χ2v) is 4.85. The van der Waals surface area contributed by atoms with Gasteiger partial charge in [0.25, 0.3) is 0 Å². The van der Waals surface area contributed by atoms with Crippen LogP contribution in [0.1, 0.15) is 18.9 Å². The molecular weight excluding hydrogens is 271 g/mol. The van der Waals surface area contributed by atoms with Crippen molar-refractivity contribution in [2.75, 3.05) is 11.6 Å². The molecule has 1 aromatic heterocycles. The first kappa shape index (κ1) is 13.5. The Balaban J connectivity index is 1.61. The largest absolute Gasteiger partial charge is 0.472 e. The normalized spacial score (nSPS) is 14.2. The first-order chi connectivity index (χ1) is 10.2. The summed E-state index contributed by atoms with van der Waals surface area (Å²) in [7, 11) is 0. The fourth-order valence-corrected chi connectivity index (χ4v) is 2.01. The maximum absolute atomic E-state index is 12.8. The summed E-state index contributed by atoms with van der Waals surface area (Å²) in [6.07, 6.45) is 0.949. The minimum Gasteiger partial charge on any atom is -0.472 e. The maximum atomic E-state index is 12.8. The molecule has 2 aromatic rings. The van der Waals surface area contributed by atoms with E-state index in [1.165, 1.54) is 12.1 Å². The van der Waals surface area contributed by atoms with Gasteiger partial charge in [0.1, 0.15) is 12.4 Å². The molecule has 0 aliphatic carbocycles. The lowest BCUT2D eigenvalue weighted by Crippen LogP contribution is -2.14. The van der Waals surface area contributed by atoms with E-state index in [1.807, 2.05) is 18.0 Å². The molecule has 1 aliphatic rings. The molecule has 0 amide bonds. The van der Waals surface area contributed by atoms with Crippen LogP contribution in [0.15, 0.2) is 41.5 Å². The van der Waals surface area contributed by atoms with Crippen LogP contribution >= 0.6 is 0 Å². The average molecular weight is 286 g/mol. The van der Waals surface area contributed by atoms with Crippen LogP contribution < -0.4 is 9.75 Å². The predicted molar refractivity (Wildman–Crippen MR) is 77.8 cm³/mol. The molecular formula is C15H15FN4O. The zero-order chi connectivity index (χ0) is 14.7. The molecule has 5 nitrogen and oxygen atoms in total. The molecule has 1 aromatic carbocycles. The second-order valence-electron chi connectivity index (χ2n) is 4.85. The Morgan fingerprint density at radius 1 is 1.14 bits per heavy atom. The molecule has 2 heterocycles. The number of ether oxygens (including phenoxy) is 1. The van der Waals surface area contributed by atoms with Crippen LogP contribution in [-0.2, 0) is 6.61 Å². The van der Waals surface area contributed by atoms with E-state index < -0.39 is 0 Å². The highest BCUT2D eigenvalue weighted by molar-refractivity contribution is 5.85. The van der Waals surface area contributed by atoms with Crippen molar-refractivity contribution in [3.8, 4) is 5.88 Å². The summed E-state index contributed by atoms with van der Waals surface area (Å²) in [6, 6.07) is 9.75. The Kier molecular flexibility index (Phi) is 3.77. The van der Waals surface area contributed by atoms with Gasteiger partial charge in [-0.15, -0.1) is 10.2 Å². The van der Waals surface area contributed by atoms with Crippen LogP contribution in [-0.4, -0.2) is 22.5 Å². The molecule has 1 aliphatic heterocycles. The number of aromatic nitrogens is 2. The van der Waals surface area contributed by atoms with Crippen molar-refractivity contribution in [3.05, 3.63) is 47.8 Å². The zero-order valence-corrected chi connectivity index (χ0v) is 11.7.